The molecule has 0 aliphatic heterocycles. The minimum Gasteiger partial charge on any atom is -0.507 e. The van der Waals surface area contributed by atoms with Gasteiger partial charge in [-0.1, -0.05) is 0 Å². The molecule has 1 aromatic carbocycles. The van der Waals surface area contributed by atoms with Crippen LogP contribution in [0.2, 0.25) is 0 Å². The zero-order valence-corrected chi connectivity index (χ0v) is 11.0. The van der Waals surface area contributed by atoms with Crippen molar-refractivity contribution in [1.82, 2.24) is 9.78 Å². The Bertz CT molecular complexity index is 758. The number of phenolic OH excluding ortho intramolecular Hbond substituents is 1. The molecule has 1 N–H and O–H groups in total. The molecule has 0 radical (unpaired) electrons. The van der Waals surface area contributed by atoms with Crippen LogP contribution in [-0.2, 0) is 6.54 Å². The van der Waals surface area contributed by atoms with Gasteiger partial charge in [-0.2, -0.15) is 5.10 Å². The molecule has 1 aliphatic carbocycles. The van der Waals surface area contributed by atoms with Gasteiger partial charge in [-0.3, -0.25) is 4.79 Å². The maximum atomic E-state index is 13.8. The lowest BCUT2D eigenvalue weighted by Gasteiger charge is -2.19. The molecule has 1 atom stereocenters. The number of phenols is 1. The lowest BCUT2D eigenvalue weighted by atomic mass is 10.1. The highest BCUT2D eigenvalue weighted by Gasteiger charge is 2.44. The number of fused-ring (bicyclic) bond motifs is 1. The number of alkyl halides is 2. The molecule has 1 aromatic heterocycles. The number of rotatable bonds is 2. The molecule has 0 saturated heterocycles. The lowest BCUT2D eigenvalue weighted by Crippen LogP contribution is -2.32. The second-order valence-electron chi connectivity index (χ2n) is 5.34. The van der Waals surface area contributed by atoms with E-state index >= 15 is 0 Å². The van der Waals surface area contributed by atoms with Crippen LogP contribution in [-0.4, -0.2) is 20.8 Å². The summed E-state index contributed by atoms with van der Waals surface area (Å²) in [5, 5.41) is 13.0. The fourth-order valence-electron chi connectivity index (χ4n) is 2.80. The molecular weight excluding hydrogens is 285 g/mol. The van der Waals surface area contributed by atoms with Crippen molar-refractivity contribution in [3.8, 4) is 5.75 Å². The van der Waals surface area contributed by atoms with Gasteiger partial charge in [-0.05, 0) is 25.0 Å². The Balaban J connectivity index is 2.07. The SMILES string of the molecule is O=c1c2c(F)ccc(O)c2cnn1CC1CCCC1(F)F. The van der Waals surface area contributed by atoms with E-state index in [4.69, 9.17) is 0 Å². The van der Waals surface area contributed by atoms with Crippen LogP contribution in [0.25, 0.3) is 10.8 Å². The number of hydrogen-bond donors (Lipinski definition) is 1. The van der Waals surface area contributed by atoms with Crippen molar-refractivity contribution in [1.29, 1.82) is 0 Å². The minimum absolute atomic E-state index is 0.0190. The third-order valence-corrected chi connectivity index (χ3v) is 4.00. The Morgan fingerprint density at radius 3 is 2.86 bits per heavy atom. The van der Waals surface area contributed by atoms with Gasteiger partial charge in [0.2, 0.25) is 0 Å². The maximum Gasteiger partial charge on any atom is 0.277 e. The molecule has 112 valence electrons. The van der Waals surface area contributed by atoms with Gasteiger partial charge < -0.3 is 5.11 Å². The van der Waals surface area contributed by atoms with Crippen LogP contribution in [0.15, 0.2) is 23.1 Å². The van der Waals surface area contributed by atoms with E-state index in [1.165, 1.54) is 0 Å². The van der Waals surface area contributed by atoms with Crippen molar-refractivity contribution in [2.45, 2.75) is 31.7 Å². The monoisotopic (exact) mass is 298 g/mol. The van der Waals surface area contributed by atoms with Crippen LogP contribution in [0.1, 0.15) is 19.3 Å². The van der Waals surface area contributed by atoms with Crippen molar-refractivity contribution in [2.24, 2.45) is 5.92 Å². The van der Waals surface area contributed by atoms with Crippen LogP contribution in [0.4, 0.5) is 13.2 Å². The number of aromatic hydroxyl groups is 1. The molecule has 1 fully saturated rings. The molecule has 3 rings (SSSR count). The number of halogens is 3. The molecule has 2 aromatic rings. The van der Waals surface area contributed by atoms with E-state index in [1.54, 1.807) is 0 Å². The Morgan fingerprint density at radius 2 is 2.19 bits per heavy atom. The van der Waals surface area contributed by atoms with E-state index in [0.717, 1.165) is 23.0 Å². The lowest BCUT2D eigenvalue weighted by molar-refractivity contribution is -0.0436. The number of nitrogens with zero attached hydrogens (tertiary/aromatic N) is 2. The van der Waals surface area contributed by atoms with E-state index in [1.807, 2.05) is 0 Å². The number of aromatic nitrogens is 2. The maximum absolute atomic E-state index is 13.8. The number of hydrogen-bond acceptors (Lipinski definition) is 3. The molecule has 1 heterocycles. The summed E-state index contributed by atoms with van der Waals surface area (Å²) in [5.41, 5.74) is -0.802. The van der Waals surface area contributed by atoms with Gasteiger partial charge in [-0.15, -0.1) is 0 Å². The highest BCUT2D eigenvalue weighted by Crippen LogP contribution is 2.40. The molecule has 0 bridgehead atoms. The largest absolute Gasteiger partial charge is 0.507 e. The smallest absolute Gasteiger partial charge is 0.277 e. The van der Waals surface area contributed by atoms with Gasteiger partial charge in [0.05, 0.1) is 23.5 Å². The normalized spacial score (nSPS) is 21.0. The fourth-order valence-corrected chi connectivity index (χ4v) is 2.80. The zero-order valence-electron chi connectivity index (χ0n) is 11.0. The summed E-state index contributed by atoms with van der Waals surface area (Å²) in [5.74, 6) is -4.87. The van der Waals surface area contributed by atoms with E-state index in [0.29, 0.717) is 12.8 Å². The van der Waals surface area contributed by atoms with E-state index in [2.05, 4.69) is 5.10 Å². The highest BCUT2D eigenvalue weighted by atomic mass is 19.3. The topological polar surface area (TPSA) is 55.1 Å². The zero-order chi connectivity index (χ0) is 15.2. The molecule has 1 saturated carbocycles. The molecule has 1 aliphatic rings. The van der Waals surface area contributed by atoms with Gasteiger partial charge in [0.1, 0.15) is 11.6 Å². The average Bonchev–Trinajstić information content (AvgIpc) is 2.76. The van der Waals surface area contributed by atoms with Gasteiger partial charge in [0.15, 0.2) is 0 Å². The summed E-state index contributed by atoms with van der Waals surface area (Å²) in [6.07, 6.45) is 1.63. The van der Waals surface area contributed by atoms with Gasteiger partial charge in [-0.25, -0.2) is 17.9 Å². The first-order valence-electron chi connectivity index (χ1n) is 6.65. The van der Waals surface area contributed by atoms with Crippen molar-refractivity contribution < 1.29 is 18.3 Å². The van der Waals surface area contributed by atoms with Crippen molar-refractivity contribution in [3.63, 3.8) is 0 Å². The van der Waals surface area contributed by atoms with Crippen LogP contribution in [0.3, 0.4) is 0 Å². The van der Waals surface area contributed by atoms with Crippen LogP contribution in [0, 0.1) is 11.7 Å². The van der Waals surface area contributed by atoms with Crippen molar-refractivity contribution >= 4 is 10.8 Å². The summed E-state index contributed by atoms with van der Waals surface area (Å²) in [7, 11) is 0. The van der Waals surface area contributed by atoms with E-state index in [-0.39, 0.29) is 29.5 Å². The molecule has 0 amide bonds. The minimum atomic E-state index is -2.83. The molecule has 1 unspecified atom stereocenters. The first-order chi connectivity index (χ1) is 9.90. The third-order valence-electron chi connectivity index (χ3n) is 4.00. The van der Waals surface area contributed by atoms with Gasteiger partial charge in [0, 0.05) is 12.3 Å². The molecule has 7 heteroatoms. The Morgan fingerprint density at radius 1 is 1.43 bits per heavy atom. The predicted molar refractivity (Wildman–Crippen MR) is 69.9 cm³/mol. The summed E-state index contributed by atoms with van der Waals surface area (Å²) < 4.78 is 41.9. The van der Waals surface area contributed by atoms with Crippen LogP contribution >= 0.6 is 0 Å². The second kappa shape index (κ2) is 4.75. The first kappa shape index (κ1) is 13.9. The molecule has 4 nitrogen and oxygen atoms in total. The third kappa shape index (κ3) is 2.26. The highest BCUT2D eigenvalue weighted by molar-refractivity contribution is 5.86. The van der Waals surface area contributed by atoms with Crippen LogP contribution < -0.4 is 5.56 Å². The first-order valence-corrected chi connectivity index (χ1v) is 6.65. The van der Waals surface area contributed by atoms with E-state index in [9.17, 15) is 23.1 Å². The Kier molecular flexibility index (Phi) is 3.15. The van der Waals surface area contributed by atoms with Crippen molar-refractivity contribution in [3.05, 3.63) is 34.5 Å². The Labute approximate surface area is 117 Å². The standard InChI is InChI=1S/C14H13F3N2O2/c15-10-3-4-11(20)9-6-18-19(13(21)12(9)10)7-8-2-1-5-14(8,16)17/h3-4,6,8,20H,1-2,5,7H2. The molecular formula is C14H13F3N2O2. The number of benzene rings is 1. The second-order valence-corrected chi connectivity index (χ2v) is 5.34. The summed E-state index contributed by atoms with van der Waals surface area (Å²) in [6, 6.07) is 2.09. The van der Waals surface area contributed by atoms with Crippen LogP contribution in [0.5, 0.6) is 5.75 Å². The molecule has 0 spiro atoms. The van der Waals surface area contributed by atoms with Crippen molar-refractivity contribution in [2.75, 3.05) is 0 Å². The average molecular weight is 298 g/mol. The predicted octanol–water partition coefficient (Wildman–Crippen LogP) is 2.68. The van der Waals surface area contributed by atoms with E-state index < -0.39 is 23.2 Å². The van der Waals surface area contributed by atoms with Gasteiger partial charge >= 0.3 is 0 Å². The molecule has 21 heavy (non-hydrogen) atoms. The summed E-state index contributed by atoms with van der Waals surface area (Å²) in [6.45, 7) is -0.253. The summed E-state index contributed by atoms with van der Waals surface area (Å²) in [4.78, 5) is 12.2. The quantitative estimate of drug-likeness (QED) is 0.927. The fraction of sp³-hybridized carbons (Fsp3) is 0.429. The summed E-state index contributed by atoms with van der Waals surface area (Å²) >= 11 is 0. The Hall–Kier alpha value is -2.05. The van der Waals surface area contributed by atoms with Gasteiger partial charge in [0.25, 0.3) is 11.5 Å².